The highest BCUT2D eigenvalue weighted by molar-refractivity contribution is 7.18. The van der Waals surface area contributed by atoms with Crippen molar-refractivity contribution in [3.05, 3.63) is 28.8 Å². The summed E-state index contributed by atoms with van der Waals surface area (Å²) >= 11 is 1.61. The number of aryl methyl sites for hydroxylation is 1. The molecule has 0 spiro atoms. The molecule has 1 N–H and O–H groups in total. The molecule has 1 amide bonds. The molecule has 1 aromatic heterocycles. The van der Waals surface area contributed by atoms with Gasteiger partial charge in [0.25, 0.3) is 0 Å². The van der Waals surface area contributed by atoms with Crippen LogP contribution in [0.4, 0.5) is 0 Å². The van der Waals surface area contributed by atoms with Gasteiger partial charge in [0.05, 0.1) is 29.5 Å². The average molecular weight is 334 g/mol. The van der Waals surface area contributed by atoms with E-state index in [1.54, 1.807) is 18.3 Å². The van der Waals surface area contributed by atoms with Gasteiger partial charge in [0.15, 0.2) is 0 Å². The van der Waals surface area contributed by atoms with E-state index in [-0.39, 0.29) is 12.0 Å². The lowest BCUT2D eigenvalue weighted by atomic mass is 10.2. The van der Waals surface area contributed by atoms with Gasteiger partial charge in [0, 0.05) is 6.61 Å². The standard InChI is InChI=1S/C17H22N2O3S/c1-11-5-6-15-14(8-11)19-16(23-15)9-18-17(20)12(2)22-10-13-4-3-7-21-13/h5-6,8,12-13H,3-4,7,9-10H2,1-2H3,(H,18,20)/t12-,13-/m1/s1. The fourth-order valence-electron chi connectivity index (χ4n) is 2.57. The summed E-state index contributed by atoms with van der Waals surface area (Å²) in [7, 11) is 0. The third-order valence-electron chi connectivity index (χ3n) is 3.93. The molecule has 0 aliphatic carbocycles. The number of fused-ring (bicyclic) bond motifs is 1. The lowest BCUT2D eigenvalue weighted by Gasteiger charge is -2.15. The number of nitrogens with zero attached hydrogens (tertiary/aromatic N) is 1. The number of nitrogens with one attached hydrogen (secondary N) is 1. The maximum absolute atomic E-state index is 12.1. The Balaban J connectivity index is 1.48. The Morgan fingerprint density at radius 2 is 2.43 bits per heavy atom. The zero-order chi connectivity index (χ0) is 16.2. The first-order valence-electron chi connectivity index (χ1n) is 7.99. The number of hydrogen-bond acceptors (Lipinski definition) is 5. The summed E-state index contributed by atoms with van der Waals surface area (Å²) in [6, 6.07) is 6.20. The predicted molar refractivity (Wildman–Crippen MR) is 90.6 cm³/mol. The van der Waals surface area contributed by atoms with Gasteiger partial charge in [-0.15, -0.1) is 11.3 Å². The van der Waals surface area contributed by atoms with Crippen LogP contribution in [0.25, 0.3) is 10.2 Å². The quantitative estimate of drug-likeness (QED) is 0.882. The van der Waals surface area contributed by atoms with Crippen molar-refractivity contribution in [2.24, 2.45) is 0 Å². The van der Waals surface area contributed by atoms with E-state index in [2.05, 4.69) is 28.5 Å². The number of carbonyl (C=O) groups is 1. The van der Waals surface area contributed by atoms with Gasteiger partial charge in [-0.1, -0.05) is 6.07 Å². The summed E-state index contributed by atoms with van der Waals surface area (Å²) in [5.74, 6) is -0.113. The minimum absolute atomic E-state index is 0.113. The van der Waals surface area contributed by atoms with Crippen molar-refractivity contribution < 1.29 is 14.3 Å². The number of amides is 1. The molecule has 1 fully saturated rings. The molecule has 0 unspecified atom stereocenters. The lowest BCUT2D eigenvalue weighted by molar-refractivity contribution is -0.133. The Morgan fingerprint density at radius 1 is 1.57 bits per heavy atom. The van der Waals surface area contributed by atoms with E-state index < -0.39 is 6.10 Å². The van der Waals surface area contributed by atoms with Crippen LogP contribution in [-0.4, -0.2) is 36.3 Å². The van der Waals surface area contributed by atoms with Crippen LogP contribution in [0.5, 0.6) is 0 Å². The minimum atomic E-state index is -0.476. The van der Waals surface area contributed by atoms with Crippen LogP contribution in [0.15, 0.2) is 18.2 Å². The normalized spacial score (nSPS) is 19.1. The highest BCUT2D eigenvalue weighted by Crippen LogP contribution is 2.22. The fraction of sp³-hybridized carbons (Fsp3) is 0.529. The zero-order valence-electron chi connectivity index (χ0n) is 13.5. The van der Waals surface area contributed by atoms with Crippen LogP contribution >= 0.6 is 11.3 Å². The second kappa shape index (κ2) is 7.38. The van der Waals surface area contributed by atoms with Crippen molar-refractivity contribution in [3.63, 3.8) is 0 Å². The lowest BCUT2D eigenvalue weighted by Crippen LogP contribution is -2.35. The largest absolute Gasteiger partial charge is 0.376 e. The molecular weight excluding hydrogens is 312 g/mol. The van der Waals surface area contributed by atoms with Crippen LogP contribution < -0.4 is 5.32 Å². The number of carbonyl (C=O) groups excluding carboxylic acids is 1. The summed E-state index contributed by atoms with van der Waals surface area (Å²) in [4.78, 5) is 16.6. The number of ether oxygens (including phenoxy) is 2. The Morgan fingerprint density at radius 3 is 3.22 bits per heavy atom. The maximum Gasteiger partial charge on any atom is 0.249 e. The Hall–Kier alpha value is -1.50. The summed E-state index contributed by atoms with van der Waals surface area (Å²) in [5.41, 5.74) is 2.18. The monoisotopic (exact) mass is 334 g/mol. The number of aromatic nitrogens is 1. The first-order valence-corrected chi connectivity index (χ1v) is 8.80. The van der Waals surface area contributed by atoms with E-state index in [9.17, 15) is 4.79 Å². The molecule has 2 heterocycles. The Bertz CT molecular complexity index is 680. The molecule has 1 aromatic carbocycles. The first-order chi connectivity index (χ1) is 11.1. The zero-order valence-corrected chi connectivity index (χ0v) is 14.3. The van der Waals surface area contributed by atoms with Crippen molar-refractivity contribution in [2.45, 2.75) is 45.4 Å². The van der Waals surface area contributed by atoms with E-state index in [0.717, 1.165) is 34.7 Å². The van der Waals surface area contributed by atoms with Gasteiger partial charge in [-0.3, -0.25) is 4.79 Å². The van der Waals surface area contributed by atoms with Gasteiger partial charge >= 0.3 is 0 Å². The third-order valence-corrected chi connectivity index (χ3v) is 4.96. The molecule has 2 atom stereocenters. The molecule has 1 aliphatic rings. The van der Waals surface area contributed by atoms with Gasteiger partial charge in [0.1, 0.15) is 11.1 Å². The van der Waals surface area contributed by atoms with Crippen molar-refractivity contribution in [2.75, 3.05) is 13.2 Å². The molecule has 2 aromatic rings. The third kappa shape index (κ3) is 4.28. The minimum Gasteiger partial charge on any atom is -0.376 e. The molecule has 5 nitrogen and oxygen atoms in total. The number of thiazole rings is 1. The molecule has 23 heavy (non-hydrogen) atoms. The number of rotatable bonds is 6. The van der Waals surface area contributed by atoms with Gasteiger partial charge in [-0.2, -0.15) is 0 Å². The van der Waals surface area contributed by atoms with Gasteiger partial charge in [0.2, 0.25) is 5.91 Å². The topological polar surface area (TPSA) is 60.5 Å². The van der Waals surface area contributed by atoms with Gasteiger partial charge in [-0.05, 0) is 44.4 Å². The maximum atomic E-state index is 12.1. The SMILES string of the molecule is Cc1ccc2sc(CNC(=O)[C@@H](C)OC[C@H]3CCCO3)nc2c1. The second-order valence-electron chi connectivity index (χ2n) is 5.91. The van der Waals surface area contributed by atoms with Crippen LogP contribution in [0, 0.1) is 6.92 Å². The molecule has 6 heteroatoms. The van der Waals surface area contributed by atoms with E-state index >= 15 is 0 Å². The molecular formula is C17H22N2O3S. The smallest absolute Gasteiger partial charge is 0.249 e. The molecule has 3 rings (SSSR count). The number of benzene rings is 1. The van der Waals surface area contributed by atoms with Crippen molar-refractivity contribution in [1.29, 1.82) is 0 Å². The van der Waals surface area contributed by atoms with E-state index in [0.29, 0.717) is 13.2 Å². The van der Waals surface area contributed by atoms with Crippen molar-refractivity contribution in [3.8, 4) is 0 Å². The van der Waals surface area contributed by atoms with Crippen LogP contribution in [0.3, 0.4) is 0 Å². The van der Waals surface area contributed by atoms with E-state index in [1.807, 2.05) is 6.92 Å². The van der Waals surface area contributed by atoms with E-state index in [1.165, 1.54) is 5.56 Å². The van der Waals surface area contributed by atoms with Gasteiger partial charge in [-0.25, -0.2) is 4.98 Å². The summed E-state index contributed by atoms with van der Waals surface area (Å²) in [6.45, 7) is 5.53. The molecule has 0 radical (unpaired) electrons. The summed E-state index contributed by atoms with van der Waals surface area (Å²) in [6.07, 6.45) is 1.75. The highest BCUT2D eigenvalue weighted by Gasteiger charge is 2.20. The number of hydrogen-bond donors (Lipinski definition) is 1. The summed E-state index contributed by atoms with van der Waals surface area (Å²) < 4.78 is 12.2. The van der Waals surface area contributed by atoms with Crippen LogP contribution in [0.1, 0.15) is 30.3 Å². The van der Waals surface area contributed by atoms with Crippen molar-refractivity contribution in [1.82, 2.24) is 10.3 Å². The first kappa shape index (κ1) is 16.4. The average Bonchev–Trinajstić information content (AvgIpc) is 3.18. The van der Waals surface area contributed by atoms with Crippen LogP contribution in [-0.2, 0) is 20.8 Å². The Labute approximate surface area is 140 Å². The fourth-order valence-corrected chi connectivity index (χ4v) is 3.46. The molecule has 124 valence electrons. The molecule has 1 aliphatic heterocycles. The molecule has 0 bridgehead atoms. The predicted octanol–water partition coefficient (Wildman–Crippen LogP) is 2.81. The van der Waals surface area contributed by atoms with Crippen molar-refractivity contribution >= 4 is 27.5 Å². The molecule has 0 saturated carbocycles. The van der Waals surface area contributed by atoms with Crippen LogP contribution in [0.2, 0.25) is 0 Å². The Kier molecular flexibility index (Phi) is 5.25. The van der Waals surface area contributed by atoms with E-state index in [4.69, 9.17) is 9.47 Å². The molecule has 1 saturated heterocycles. The second-order valence-corrected chi connectivity index (χ2v) is 7.02. The highest BCUT2D eigenvalue weighted by atomic mass is 32.1. The van der Waals surface area contributed by atoms with Gasteiger partial charge < -0.3 is 14.8 Å². The summed E-state index contributed by atoms with van der Waals surface area (Å²) in [5, 5.41) is 3.80.